The van der Waals surface area contributed by atoms with Crippen LogP contribution < -0.4 is 0 Å². The summed E-state index contributed by atoms with van der Waals surface area (Å²) in [7, 11) is 0. The van der Waals surface area contributed by atoms with Crippen molar-refractivity contribution in [3.8, 4) is 0 Å². The lowest BCUT2D eigenvalue weighted by Crippen LogP contribution is -2.49. The number of hydrogen-bond donors (Lipinski definition) is 0. The first-order valence-corrected chi connectivity index (χ1v) is 6.59. The van der Waals surface area contributed by atoms with E-state index in [-0.39, 0.29) is 12.1 Å². The van der Waals surface area contributed by atoms with Crippen LogP contribution in [0, 0.1) is 5.92 Å². The fourth-order valence-electron chi connectivity index (χ4n) is 2.40. The van der Waals surface area contributed by atoms with E-state index in [0.717, 1.165) is 26.0 Å². The second-order valence-electron chi connectivity index (χ2n) is 4.64. The van der Waals surface area contributed by atoms with Crippen molar-refractivity contribution < 1.29 is 9.53 Å². The van der Waals surface area contributed by atoms with E-state index in [0.29, 0.717) is 5.92 Å². The maximum Gasteiger partial charge on any atom is 0.221 e. The molecule has 2 unspecified atom stereocenters. The van der Waals surface area contributed by atoms with Crippen LogP contribution in [0.25, 0.3) is 0 Å². The highest BCUT2D eigenvalue weighted by Crippen LogP contribution is 2.25. The van der Waals surface area contributed by atoms with E-state index in [1.165, 1.54) is 19.3 Å². The molecule has 1 fully saturated rings. The zero-order valence-corrected chi connectivity index (χ0v) is 10.9. The number of hydrogen-bond acceptors (Lipinski definition) is 2. The van der Waals surface area contributed by atoms with Gasteiger partial charge < -0.3 is 9.64 Å². The number of unbranched alkanes of at least 4 members (excludes halogenated alkanes) is 1. The van der Waals surface area contributed by atoms with Crippen molar-refractivity contribution in [1.82, 2.24) is 4.90 Å². The van der Waals surface area contributed by atoms with Gasteiger partial charge in [-0.1, -0.05) is 26.7 Å². The number of ether oxygens (including phenoxy) is 1. The molecule has 0 N–H and O–H groups in total. The molecule has 1 saturated heterocycles. The first-order valence-electron chi connectivity index (χ1n) is 6.59. The van der Waals surface area contributed by atoms with Crippen molar-refractivity contribution in [1.29, 1.82) is 0 Å². The van der Waals surface area contributed by atoms with E-state index >= 15 is 0 Å². The van der Waals surface area contributed by atoms with Gasteiger partial charge >= 0.3 is 0 Å². The molecule has 1 heterocycles. The Labute approximate surface area is 99.1 Å². The molecule has 2 atom stereocenters. The third kappa shape index (κ3) is 3.48. The minimum atomic E-state index is 0.0304. The van der Waals surface area contributed by atoms with Crippen molar-refractivity contribution in [2.24, 2.45) is 5.92 Å². The third-order valence-electron chi connectivity index (χ3n) is 3.40. The molecule has 0 aromatic heterocycles. The maximum atomic E-state index is 11.5. The second-order valence-corrected chi connectivity index (χ2v) is 4.64. The number of rotatable bonds is 5. The Balaban J connectivity index is 2.60. The largest absolute Gasteiger partial charge is 0.358 e. The minimum absolute atomic E-state index is 0.0304. The van der Waals surface area contributed by atoms with Gasteiger partial charge in [-0.25, -0.2) is 0 Å². The van der Waals surface area contributed by atoms with E-state index in [4.69, 9.17) is 4.74 Å². The number of amides is 1. The Hall–Kier alpha value is -0.570. The van der Waals surface area contributed by atoms with Crippen LogP contribution in [0.1, 0.15) is 52.9 Å². The average molecular weight is 227 g/mol. The van der Waals surface area contributed by atoms with Gasteiger partial charge in [-0.15, -0.1) is 0 Å². The van der Waals surface area contributed by atoms with Crippen molar-refractivity contribution in [2.75, 3.05) is 13.2 Å². The SMILES string of the molecule is CCCCC(CC)C1OCCCN1C(C)=O. The first kappa shape index (κ1) is 13.5. The molecular formula is C13H25NO2. The Kier molecular flexibility index (Phi) is 5.81. The van der Waals surface area contributed by atoms with Gasteiger partial charge in [0, 0.05) is 19.4 Å². The molecule has 0 aromatic carbocycles. The summed E-state index contributed by atoms with van der Waals surface area (Å²) < 4.78 is 5.81. The van der Waals surface area contributed by atoms with Crippen LogP contribution in [0.3, 0.4) is 0 Å². The number of carbonyl (C=O) groups excluding carboxylic acids is 1. The quantitative estimate of drug-likeness (QED) is 0.723. The second kappa shape index (κ2) is 6.89. The van der Waals surface area contributed by atoms with E-state index < -0.39 is 0 Å². The molecule has 1 amide bonds. The van der Waals surface area contributed by atoms with Gasteiger partial charge in [0.1, 0.15) is 6.23 Å². The van der Waals surface area contributed by atoms with Crippen LogP contribution in [0.2, 0.25) is 0 Å². The van der Waals surface area contributed by atoms with Crippen molar-refractivity contribution >= 4 is 5.91 Å². The molecule has 0 aromatic rings. The molecule has 0 bridgehead atoms. The smallest absolute Gasteiger partial charge is 0.221 e. The van der Waals surface area contributed by atoms with Crippen LogP contribution in [-0.4, -0.2) is 30.2 Å². The number of carbonyl (C=O) groups is 1. The van der Waals surface area contributed by atoms with E-state index in [1.807, 2.05) is 4.90 Å². The van der Waals surface area contributed by atoms with Crippen molar-refractivity contribution in [3.05, 3.63) is 0 Å². The van der Waals surface area contributed by atoms with Gasteiger partial charge in [0.15, 0.2) is 0 Å². The molecule has 0 aliphatic carbocycles. The molecule has 0 spiro atoms. The summed E-state index contributed by atoms with van der Waals surface area (Å²) >= 11 is 0. The van der Waals surface area contributed by atoms with Crippen LogP contribution in [0.15, 0.2) is 0 Å². The van der Waals surface area contributed by atoms with E-state index in [1.54, 1.807) is 6.92 Å². The highest BCUT2D eigenvalue weighted by Gasteiger charge is 2.30. The Morgan fingerprint density at radius 1 is 1.50 bits per heavy atom. The summed E-state index contributed by atoms with van der Waals surface area (Å²) in [5, 5.41) is 0. The van der Waals surface area contributed by atoms with Crippen LogP contribution >= 0.6 is 0 Å². The standard InChI is InChI=1S/C13H25NO2/c1-4-6-8-12(5-2)13-14(11(3)15)9-7-10-16-13/h12-13H,4-10H2,1-3H3. The Bertz CT molecular complexity index is 218. The summed E-state index contributed by atoms with van der Waals surface area (Å²) in [6, 6.07) is 0. The topological polar surface area (TPSA) is 29.5 Å². The van der Waals surface area contributed by atoms with Crippen molar-refractivity contribution in [3.63, 3.8) is 0 Å². The fraction of sp³-hybridized carbons (Fsp3) is 0.923. The summed E-state index contributed by atoms with van der Waals surface area (Å²) in [6.45, 7) is 7.71. The summed E-state index contributed by atoms with van der Waals surface area (Å²) in [5.41, 5.74) is 0. The monoisotopic (exact) mass is 227 g/mol. The van der Waals surface area contributed by atoms with Gasteiger partial charge in [-0.3, -0.25) is 4.79 Å². The van der Waals surface area contributed by atoms with E-state index in [9.17, 15) is 4.79 Å². The lowest BCUT2D eigenvalue weighted by molar-refractivity contribution is -0.162. The molecule has 1 aliphatic rings. The van der Waals surface area contributed by atoms with Gasteiger partial charge in [0.05, 0.1) is 6.61 Å². The molecule has 3 nitrogen and oxygen atoms in total. The highest BCUT2D eigenvalue weighted by atomic mass is 16.5. The zero-order valence-electron chi connectivity index (χ0n) is 10.9. The zero-order chi connectivity index (χ0) is 12.0. The fourth-order valence-corrected chi connectivity index (χ4v) is 2.40. The predicted octanol–water partition coefficient (Wildman–Crippen LogP) is 2.80. The van der Waals surface area contributed by atoms with Crippen LogP contribution in [-0.2, 0) is 9.53 Å². The van der Waals surface area contributed by atoms with Gasteiger partial charge in [-0.05, 0) is 19.3 Å². The summed E-state index contributed by atoms with van der Waals surface area (Å²) in [4.78, 5) is 13.5. The minimum Gasteiger partial charge on any atom is -0.358 e. The normalized spacial score (nSPS) is 23.2. The molecule has 94 valence electrons. The Morgan fingerprint density at radius 2 is 2.25 bits per heavy atom. The molecule has 0 radical (unpaired) electrons. The molecule has 16 heavy (non-hydrogen) atoms. The predicted molar refractivity (Wildman–Crippen MR) is 65.1 cm³/mol. The summed E-state index contributed by atoms with van der Waals surface area (Å²) in [5.74, 6) is 0.656. The first-order chi connectivity index (χ1) is 7.70. The molecule has 3 heteroatoms. The lowest BCUT2D eigenvalue weighted by atomic mass is 9.95. The number of nitrogens with zero attached hydrogens (tertiary/aromatic N) is 1. The third-order valence-corrected chi connectivity index (χ3v) is 3.40. The molecule has 1 rings (SSSR count). The molecule has 0 saturated carbocycles. The maximum absolute atomic E-state index is 11.5. The highest BCUT2D eigenvalue weighted by molar-refractivity contribution is 5.73. The van der Waals surface area contributed by atoms with Gasteiger partial charge in [0.25, 0.3) is 0 Å². The van der Waals surface area contributed by atoms with Crippen LogP contribution in [0.5, 0.6) is 0 Å². The summed E-state index contributed by atoms with van der Waals surface area (Å²) in [6.07, 6.45) is 5.70. The molecular weight excluding hydrogens is 202 g/mol. The van der Waals surface area contributed by atoms with Gasteiger partial charge in [0.2, 0.25) is 5.91 Å². The molecule has 1 aliphatic heterocycles. The average Bonchev–Trinajstić information content (AvgIpc) is 2.30. The lowest BCUT2D eigenvalue weighted by Gasteiger charge is -2.39. The van der Waals surface area contributed by atoms with Crippen LogP contribution in [0.4, 0.5) is 0 Å². The van der Waals surface area contributed by atoms with Gasteiger partial charge in [-0.2, -0.15) is 0 Å². The van der Waals surface area contributed by atoms with E-state index in [2.05, 4.69) is 13.8 Å². The van der Waals surface area contributed by atoms with Crippen molar-refractivity contribution in [2.45, 2.75) is 59.1 Å². The Morgan fingerprint density at radius 3 is 2.81 bits per heavy atom.